The predicted molar refractivity (Wildman–Crippen MR) is 142 cm³/mol. The summed E-state index contributed by atoms with van der Waals surface area (Å²) in [5.74, 6) is 0.530. The first-order valence-electron chi connectivity index (χ1n) is 12.2. The van der Waals surface area contributed by atoms with Gasteiger partial charge in [-0.3, -0.25) is 9.59 Å². The van der Waals surface area contributed by atoms with E-state index in [4.69, 9.17) is 4.74 Å². The summed E-state index contributed by atoms with van der Waals surface area (Å²) < 4.78 is 5.17. The number of pyridine rings is 1. The van der Waals surface area contributed by atoms with Crippen LogP contribution >= 0.6 is 0 Å². The number of hydrogen-bond acceptors (Lipinski definition) is 6. The quantitative estimate of drug-likeness (QED) is 0.416. The number of amides is 2. The highest BCUT2D eigenvalue weighted by Crippen LogP contribution is 2.31. The smallest absolute Gasteiger partial charge is 0.254 e. The lowest BCUT2D eigenvalue weighted by atomic mass is 9.97. The first kappa shape index (κ1) is 24.4. The van der Waals surface area contributed by atoms with Gasteiger partial charge >= 0.3 is 0 Å². The van der Waals surface area contributed by atoms with Crippen molar-refractivity contribution in [3.05, 3.63) is 72.7 Å². The molecular formula is C29H29N5O3. The van der Waals surface area contributed by atoms with Crippen LogP contribution in [0.4, 0.5) is 0 Å². The van der Waals surface area contributed by atoms with Gasteiger partial charge in [0.1, 0.15) is 6.33 Å². The SMILES string of the molecule is COc1ccc(-c2ccc3ncnc(-c4cccc(C(=O)N5CCN(C(C)=O)C(C)(C)C5)c4)c3c2)cn1. The molecule has 2 aromatic carbocycles. The van der Waals surface area contributed by atoms with E-state index in [2.05, 4.69) is 15.0 Å². The minimum absolute atomic E-state index is 0.0273. The number of nitrogens with zero attached hydrogens (tertiary/aromatic N) is 5. The molecule has 0 unspecified atom stereocenters. The van der Waals surface area contributed by atoms with E-state index >= 15 is 0 Å². The standard InChI is InChI=1S/C29H29N5O3/c1-19(35)34-13-12-33(17-29(34,2)3)28(36)22-7-5-6-21(14-22)27-24-15-20(8-10-25(24)31-18-32-27)23-9-11-26(37-4)30-16-23/h5-11,14-16,18H,12-13,17H2,1-4H3. The Kier molecular flexibility index (Phi) is 6.33. The number of piperazine rings is 1. The van der Waals surface area contributed by atoms with Crippen molar-refractivity contribution in [3.8, 4) is 28.3 Å². The Morgan fingerprint density at radius 2 is 1.73 bits per heavy atom. The first-order valence-corrected chi connectivity index (χ1v) is 12.2. The highest BCUT2D eigenvalue weighted by Gasteiger charge is 2.37. The highest BCUT2D eigenvalue weighted by molar-refractivity contribution is 5.99. The minimum Gasteiger partial charge on any atom is -0.481 e. The van der Waals surface area contributed by atoms with Crippen molar-refractivity contribution in [2.24, 2.45) is 0 Å². The van der Waals surface area contributed by atoms with Crippen LogP contribution in [0.1, 0.15) is 31.1 Å². The molecule has 3 heterocycles. The lowest BCUT2D eigenvalue weighted by Crippen LogP contribution is -2.61. The summed E-state index contributed by atoms with van der Waals surface area (Å²) in [6, 6.07) is 17.4. The van der Waals surface area contributed by atoms with Crippen LogP contribution in [0.5, 0.6) is 5.88 Å². The van der Waals surface area contributed by atoms with Gasteiger partial charge in [-0.05, 0) is 49.7 Å². The zero-order chi connectivity index (χ0) is 26.2. The third kappa shape index (κ3) is 4.74. The molecule has 1 fully saturated rings. The van der Waals surface area contributed by atoms with Crippen LogP contribution in [0, 0.1) is 0 Å². The second-order valence-corrected chi connectivity index (χ2v) is 9.83. The Balaban J connectivity index is 1.48. The maximum atomic E-state index is 13.5. The number of carbonyl (C=O) groups is 2. The summed E-state index contributed by atoms with van der Waals surface area (Å²) in [6.45, 7) is 7.06. The molecule has 4 aromatic rings. The zero-order valence-electron chi connectivity index (χ0n) is 21.4. The number of carbonyl (C=O) groups excluding carboxylic acids is 2. The molecule has 0 N–H and O–H groups in total. The second-order valence-electron chi connectivity index (χ2n) is 9.83. The van der Waals surface area contributed by atoms with Gasteiger partial charge in [0.15, 0.2) is 0 Å². The fourth-order valence-electron chi connectivity index (χ4n) is 5.03. The van der Waals surface area contributed by atoms with Crippen LogP contribution in [0.3, 0.4) is 0 Å². The summed E-state index contributed by atoms with van der Waals surface area (Å²) >= 11 is 0. The number of rotatable bonds is 4. The third-order valence-electron chi connectivity index (χ3n) is 6.87. The fourth-order valence-corrected chi connectivity index (χ4v) is 5.03. The molecule has 0 aliphatic carbocycles. The number of aromatic nitrogens is 3. The van der Waals surface area contributed by atoms with Gasteiger partial charge in [0.25, 0.3) is 5.91 Å². The molecule has 188 valence electrons. The third-order valence-corrected chi connectivity index (χ3v) is 6.87. The summed E-state index contributed by atoms with van der Waals surface area (Å²) in [6.07, 6.45) is 3.32. The Hall–Kier alpha value is -4.33. The van der Waals surface area contributed by atoms with Crippen LogP contribution in [0.2, 0.25) is 0 Å². The molecule has 2 amide bonds. The van der Waals surface area contributed by atoms with E-state index in [1.807, 2.05) is 78.2 Å². The zero-order valence-corrected chi connectivity index (χ0v) is 21.4. The van der Waals surface area contributed by atoms with Gasteiger partial charge in [0.05, 0.1) is 23.9 Å². The maximum absolute atomic E-state index is 13.5. The molecule has 37 heavy (non-hydrogen) atoms. The van der Waals surface area contributed by atoms with Crippen molar-refractivity contribution >= 4 is 22.7 Å². The first-order chi connectivity index (χ1) is 17.8. The molecule has 1 saturated heterocycles. The molecule has 0 spiro atoms. The average molecular weight is 496 g/mol. The van der Waals surface area contributed by atoms with E-state index in [1.165, 1.54) is 0 Å². The van der Waals surface area contributed by atoms with E-state index in [0.29, 0.717) is 31.1 Å². The molecule has 8 nitrogen and oxygen atoms in total. The van der Waals surface area contributed by atoms with E-state index < -0.39 is 5.54 Å². The molecular weight excluding hydrogens is 466 g/mol. The normalized spacial score (nSPS) is 15.0. The average Bonchev–Trinajstić information content (AvgIpc) is 2.91. The molecule has 0 radical (unpaired) electrons. The molecule has 0 saturated carbocycles. The van der Waals surface area contributed by atoms with Crippen molar-refractivity contribution in [2.75, 3.05) is 26.7 Å². The Morgan fingerprint density at radius 1 is 0.919 bits per heavy atom. The van der Waals surface area contributed by atoms with Gasteiger partial charge in [-0.25, -0.2) is 15.0 Å². The molecule has 1 aliphatic rings. The van der Waals surface area contributed by atoms with Crippen LogP contribution in [-0.2, 0) is 4.79 Å². The Labute approximate surface area is 215 Å². The lowest BCUT2D eigenvalue weighted by molar-refractivity contribution is -0.137. The van der Waals surface area contributed by atoms with Crippen molar-refractivity contribution in [1.29, 1.82) is 0 Å². The van der Waals surface area contributed by atoms with Crippen molar-refractivity contribution in [3.63, 3.8) is 0 Å². The van der Waals surface area contributed by atoms with Crippen molar-refractivity contribution in [2.45, 2.75) is 26.3 Å². The number of hydrogen-bond donors (Lipinski definition) is 0. The van der Waals surface area contributed by atoms with E-state index in [-0.39, 0.29) is 11.8 Å². The van der Waals surface area contributed by atoms with Gasteiger partial charge in [0, 0.05) is 60.9 Å². The molecule has 0 atom stereocenters. The molecule has 8 heteroatoms. The van der Waals surface area contributed by atoms with E-state index in [9.17, 15) is 9.59 Å². The molecule has 2 aromatic heterocycles. The second kappa shape index (κ2) is 9.61. The van der Waals surface area contributed by atoms with Gasteiger partial charge in [0.2, 0.25) is 11.8 Å². The molecule has 5 rings (SSSR count). The van der Waals surface area contributed by atoms with Crippen molar-refractivity contribution < 1.29 is 14.3 Å². The number of benzene rings is 2. The number of methoxy groups -OCH3 is 1. The monoisotopic (exact) mass is 495 g/mol. The van der Waals surface area contributed by atoms with E-state index in [1.54, 1.807) is 26.6 Å². The number of ether oxygens (including phenoxy) is 1. The summed E-state index contributed by atoms with van der Waals surface area (Å²) in [4.78, 5) is 42.5. The Morgan fingerprint density at radius 3 is 2.43 bits per heavy atom. The van der Waals surface area contributed by atoms with Crippen LogP contribution in [0.25, 0.3) is 33.3 Å². The Bertz CT molecular complexity index is 1480. The van der Waals surface area contributed by atoms with E-state index in [0.717, 1.165) is 33.3 Å². The lowest BCUT2D eigenvalue weighted by Gasteiger charge is -2.46. The molecule has 1 aliphatic heterocycles. The summed E-state index contributed by atoms with van der Waals surface area (Å²) in [5, 5.41) is 0.886. The van der Waals surface area contributed by atoms with Crippen LogP contribution in [0.15, 0.2) is 67.1 Å². The summed E-state index contributed by atoms with van der Waals surface area (Å²) in [7, 11) is 1.59. The fraction of sp³-hybridized carbons (Fsp3) is 0.276. The highest BCUT2D eigenvalue weighted by atomic mass is 16.5. The minimum atomic E-state index is -0.424. The molecule has 0 bridgehead atoms. The van der Waals surface area contributed by atoms with Crippen LogP contribution in [-0.4, -0.2) is 68.8 Å². The van der Waals surface area contributed by atoms with Gasteiger partial charge < -0.3 is 14.5 Å². The van der Waals surface area contributed by atoms with Gasteiger partial charge in [-0.2, -0.15) is 0 Å². The van der Waals surface area contributed by atoms with Crippen LogP contribution < -0.4 is 4.74 Å². The van der Waals surface area contributed by atoms with Gasteiger partial charge in [-0.15, -0.1) is 0 Å². The largest absolute Gasteiger partial charge is 0.481 e. The maximum Gasteiger partial charge on any atom is 0.254 e. The van der Waals surface area contributed by atoms with Gasteiger partial charge in [-0.1, -0.05) is 18.2 Å². The predicted octanol–water partition coefficient (Wildman–Crippen LogP) is 4.45. The van der Waals surface area contributed by atoms with Crippen molar-refractivity contribution in [1.82, 2.24) is 24.8 Å². The topological polar surface area (TPSA) is 88.5 Å². The number of fused-ring (bicyclic) bond motifs is 1. The summed E-state index contributed by atoms with van der Waals surface area (Å²) in [5.41, 5.74) is 4.51.